The van der Waals surface area contributed by atoms with E-state index in [0.717, 1.165) is 35.7 Å². The van der Waals surface area contributed by atoms with E-state index in [-0.39, 0.29) is 23.7 Å². The van der Waals surface area contributed by atoms with Crippen LogP contribution >= 0.6 is 22.7 Å². The number of anilines is 2. The van der Waals surface area contributed by atoms with Crippen molar-refractivity contribution in [2.75, 3.05) is 10.6 Å². The van der Waals surface area contributed by atoms with Gasteiger partial charge in [0, 0.05) is 36.4 Å². The average molecular weight is 545 g/mol. The number of nitrogens with zero attached hydrogens (tertiary/aromatic N) is 6. The van der Waals surface area contributed by atoms with E-state index in [4.69, 9.17) is 0 Å². The molecule has 1 aliphatic carbocycles. The lowest BCUT2D eigenvalue weighted by atomic mass is 9.82. The lowest BCUT2D eigenvalue weighted by Gasteiger charge is -2.25. The molecule has 2 amide bonds. The fourth-order valence-corrected chi connectivity index (χ4v) is 5.89. The molecular formula is C26H24N8O2S2. The minimum Gasteiger partial charge on any atom is -0.297 e. The van der Waals surface area contributed by atoms with Gasteiger partial charge in [0.25, 0.3) is 0 Å². The molecule has 0 saturated heterocycles. The first-order valence-electron chi connectivity index (χ1n) is 12.1. The van der Waals surface area contributed by atoms with E-state index >= 15 is 0 Å². The fraction of sp³-hybridized carbons (Fsp3) is 0.231. The van der Waals surface area contributed by atoms with E-state index < -0.39 is 0 Å². The maximum Gasteiger partial charge on any atom is 0.250 e. The largest absolute Gasteiger partial charge is 0.297 e. The third kappa shape index (κ3) is 6.99. The van der Waals surface area contributed by atoms with Crippen molar-refractivity contribution in [1.82, 2.24) is 30.4 Å². The van der Waals surface area contributed by atoms with Gasteiger partial charge in [0.1, 0.15) is 10.0 Å². The summed E-state index contributed by atoms with van der Waals surface area (Å²) in [5.74, 6) is -0.107. The zero-order valence-electron chi connectivity index (χ0n) is 20.2. The third-order valence-electron chi connectivity index (χ3n) is 5.90. The van der Waals surface area contributed by atoms with Crippen molar-refractivity contribution < 1.29 is 9.59 Å². The molecule has 38 heavy (non-hydrogen) atoms. The number of carbonyl (C=O) groups is 2. The number of amides is 2. The van der Waals surface area contributed by atoms with Gasteiger partial charge in [0.15, 0.2) is 0 Å². The highest BCUT2D eigenvalue weighted by Crippen LogP contribution is 2.43. The van der Waals surface area contributed by atoms with Crippen molar-refractivity contribution in [1.29, 1.82) is 0 Å². The van der Waals surface area contributed by atoms with Gasteiger partial charge in [0.2, 0.25) is 22.1 Å². The molecule has 1 aliphatic rings. The summed E-state index contributed by atoms with van der Waals surface area (Å²) in [6.07, 6.45) is 13.4. The van der Waals surface area contributed by atoms with Crippen LogP contribution in [-0.2, 0) is 9.59 Å². The average Bonchev–Trinajstić information content (AvgIpc) is 3.62. The predicted octanol–water partition coefficient (Wildman–Crippen LogP) is 4.92. The second kappa shape index (κ2) is 12.4. The first-order valence-corrected chi connectivity index (χ1v) is 13.7. The summed E-state index contributed by atoms with van der Waals surface area (Å²) in [6.45, 7) is 0. The zero-order valence-corrected chi connectivity index (χ0v) is 21.9. The smallest absolute Gasteiger partial charge is 0.250 e. The first-order chi connectivity index (χ1) is 18.6. The summed E-state index contributed by atoms with van der Waals surface area (Å²) in [5, 5.41) is 25.3. The Morgan fingerprint density at radius 3 is 1.68 bits per heavy atom. The molecule has 0 aliphatic heterocycles. The summed E-state index contributed by atoms with van der Waals surface area (Å²) in [7, 11) is 0. The fourth-order valence-electron chi connectivity index (χ4n) is 4.10. The molecule has 192 valence electrons. The highest BCUT2D eigenvalue weighted by atomic mass is 32.1. The molecule has 10 nitrogen and oxygen atoms in total. The molecule has 4 aromatic heterocycles. The van der Waals surface area contributed by atoms with Crippen LogP contribution in [0, 0.1) is 0 Å². The summed E-state index contributed by atoms with van der Waals surface area (Å²) >= 11 is 2.80. The molecule has 1 saturated carbocycles. The molecule has 2 N–H and O–H groups in total. The first kappa shape index (κ1) is 25.5. The summed E-state index contributed by atoms with van der Waals surface area (Å²) < 4.78 is 0. The Bertz CT molecular complexity index is 1330. The molecule has 0 radical (unpaired) electrons. The lowest BCUT2D eigenvalue weighted by Crippen LogP contribution is -2.12. The molecule has 0 bridgehead atoms. The van der Waals surface area contributed by atoms with Crippen LogP contribution in [-0.4, -0.2) is 42.2 Å². The van der Waals surface area contributed by atoms with Crippen LogP contribution in [0.25, 0.3) is 12.2 Å². The van der Waals surface area contributed by atoms with Crippen molar-refractivity contribution >= 4 is 56.9 Å². The second-order valence-corrected chi connectivity index (χ2v) is 10.6. The van der Waals surface area contributed by atoms with Gasteiger partial charge >= 0.3 is 0 Å². The maximum atomic E-state index is 12.3. The van der Waals surface area contributed by atoms with E-state index in [2.05, 4.69) is 41.0 Å². The Morgan fingerprint density at radius 1 is 0.737 bits per heavy atom. The second-order valence-electron chi connectivity index (χ2n) is 8.61. The Hall–Kier alpha value is -4.16. The number of nitrogens with one attached hydrogen (secondary N) is 2. The third-order valence-corrected chi connectivity index (χ3v) is 7.90. The monoisotopic (exact) mass is 544 g/mol. The van der Waals surface area contributed by atoms with Gasteiger partial charge in [-0.15, -0.1) is 20.4 Å². The van der Waals surface area contributed by atoms with Crippen LogP contribution in [0.15, 0.2) is 60.9 Å². The molecule has 5 rings (SSSR count). The maximum absolute atomic E-state index is 12.3. The van der Waals surface area contributed by atoms with E-state index in [1.165, 1.54) is 34.8 Å². The number of hydrogen-bond acceptors (Lipinski definition) is 10. The Morgan fingerprint density at radius 2 is 1.24 bits per heavy atom. The number of pyridine rings is 2. The van der Waals surface area contributed by atoms with Crippen LogP contribution in [0.1, 0.15) is 58.9 Å². The quantitative estimate of drug-likeness (QED) is 0.298. The van der Waals surface area contributed by atoms with Crippen LogP contribution in [0.5, 0.6) is 0 Å². The van der Waals surface area contributed by atoms with E-state index in [0.29, 0.717) is 21.7 Å². The number of carbonyl (C=O) groups excluding carboxylic acids is 2. The molecule has 12 heteroatoms. The van der Waals surface area contributed by atoms with Crippen LogP contribution in [0.2, 0.25) is 0 Å². The standard InChI is InChI=1S/C26H24N8O2S2/c35-21(12-10-19-8-1-3-14-27-19)29-25-33-31-23(37-25)17-6-5-7-18(16-17)24-32-34-26(38-24)30-22(36)13-11-20-9-2-4-15-28-20/h1-4,8-15,17-18H,5-7,16H2,(H,29,33,35)(H,30,34,36)/t17-,18-/m0/s1. The van der Waals surface area contributed by atoms with Crippen molar-refractivity contribution in [2.45, 2.75) is 37.5 Å². The van der Waals surface area contributed by atoms with Crippen LogP contribution in [0.4, 0.5) is 10.3 Å². The molecule has 0 unspecified atom stereocenters. The molecule has 0 aromatic carbocycles. The SMILES string of the molecule is O=C(C=Cc1ccccn1)Nc1nnc([C@H]2CCC[C@H](c3nnc(NC(=O)C=Cc4ccccn4)s3)C2)s1. The van der Waals surface area contributed by atoms with Crippen LogP contribution in [0.3, 0.4) is 0 Å². The van der Waals surface area contributed by atoms with Crippen molar-refractivity contribution in [2.24, 2.45) is 0 Å². The van der Waals surface area contributed by atoms with Gasteiger partial charge in [0.05, 0.1) is 11.4 Å². The van der Waals surface area contributed by atoms with Crippen molar-refractivity contribution in [3.63, 3.8) is 0 Å². The van der Waals surface area contributed by atoms with E-state index in [9.17, 15) is 9.59 Å². The normalized spacial score (nSPS) is 17.6. The predicted molar refractivity (Wildman–Crippen MR) is 148 cm³/mol. The summed E-state index contributed by atoms with van der Waals surface area (Å²) in [4.78, 5) is 32.9. The van der Waals surface area contributed by atoms with Gasteiger partial charge in [-0.25, -0.2) is 0 Å². The van der Waals surface area contributed by atoms with Crippen LogP contribution < -0.4 is 10.6 Å². The molecular weight excluding hydrogens is 520 g/mol. The van der Waals surface area contributed by atoms with Crippen molar-refractivity contribution in [3.05, 3.63) is 82.3 Å². The molecule has 2 atom stereocenters. The Kier molecular flexibility index (Phi) is 8.31. The van der Waals surface area contributed by atoms with E-state index in [1.807, 2.05) is 36.4 Å². The highest BCUT2D eigenvalue weighted by Gasteiger charge is 2.29. The minimum absolute atomic E-state index is 0.226. The van der Waals surface area contributed by atoms with E-state index in [1.54, 1.807) is 24.5 Å². The van der Waals surface area contributed by atoms with Gasteiger partial charge < -0.3 is 0 Å². The summed E-state index contributed by atoms with van der Waals surface area (Å²) in [6, 6.07) is 11.0. The van der Waals surface area contributed by atoms with Crippen molar-refractivity contribution in [3.8, 4) is 0 Å². The number of aromatic nitrogens is 6. The van der Waals surface area contributed by atoms with Gasteiger partial charge in [-0.05, 0) is 55.7 Å². The molecule has 1 fully saturated rings. The Balaban J connectivity index is 1.15. The zero-order chi connectivity index (χ0) is 26.2. The topological polar surface area (TPSA) is 136 Å². The molecule has 4 aromatic rings. The lowest BCUT2D eigenvalue weighted by molar-refractivity contribution is -0.112. The highest BCUT2D eigenvalue weighted by molar-refractivity contribution is 7.15. The number of hydrogen-bond donors (Lipinski definition) is 2. The van der Waals surface area contributed by atoms with Gasteiger partial charge in [-0.1, -0.05) is 41.2 Å². The van der Waals surface area contributed by atoms with Gasteiger partial charge in [-0.2, -0.15) is 0 Å². The molecule has 4 heterocycles. The van der Waals surface area contributed by atoms with Gasteiger partial charge in [-0.3, -0.25) is 30.2 Å². The molecule has 0 spiro atoms. The number of rotatable bonds is 8. The minimum atomic E-state index is -0.279. The Labute approximate surface area is 227 Å². The summed E-state index contributed by atoms with van der Waals surface area (Å²) in [5.41, 5.74) is 1.41.